The molecule has 11 heteroatoms. The second-order valence-corrected chi connectivity index (χ2v) is 12.1. The maximum atomic E-state index is 12.6. The van der Waals surface area contributed by atoms with Crippen LogP contribution in [0.3, 0.4) is 0 Å². The van der Waals surface area contributed by atoms with E-state index in [9.17, 15) is 9.59 Å². The van der Waals surface area contributed by atoms with Crippen molar-refractivity contribution in [2.75, 3.05) is 106 Å². The average Bonchev–Trinajstić information content (AvgIpc) is 3.46. The highest BCUT2D eigenvalue weighted by molar-refractivity contribution is 5.79. The Balaban J connectivity index is 1.02. The fraction of sp³-hybridized carbons (Fsp3) is 0.641. The molecule has 0 radical (unpaired) electrons. The number of hydrogen-bond acceptors (Lipinski definition) is 10. The van der Waals surface area contributed by atoms with Crippen molar-refractivity contribution in [1.29, 1.82) is 0 Å². The van der Waals surface area contributed by atoms with Gasteiger partial charge >= 0.3 is 12.1 Å². The van der Waals surface area contributed by atoms with Gasteiger partial charge in [-0.05, 0) is 28.7 Å². The third kappa shape index (κ3) is 16.8. The maximum Gasteiger partial charge on any atom is 0.409 e. The van der Waals surface area contributed by atoms with Crippen LogP contribution in [-0.2, 0) is 42.7 Å². The lowest BCUT2D eigenvalue weighted by Crippen LogP contribution is -2.32. The minimum atomic E-state index is -0.364. The van der Waals surface area contributed by atoms with Crippen molar-refractivity contribution in [1.82, 2.24) is 4.90 Å². The van der Waals surface area contributed by atoms with Gasteiger partial charge in [-0.25, -0.2) is 4.79 Å². The molecule has 0 aromatic heterocycles. The molecule has 280 valence electrons. The van der Waals surface area contributed by atoms with Crippen LogP contribution in [0.15, 0.2) is 48.5 Å². The van der Waals surface area contributed by atoms with E-state index in [2.05, 4.69) is 31.2 Å². The highest BCUT2D eigenvalue weighted by atomic mass is 16.6. The number of rotatable bonds is 30. The molecule has 50 heavy (non-hydrogen) atoms. The number of nitrogens with zero attached hydrogens (tertiary/aromatic N) is 1. The molecular formula is C39H59NO10. The van der Waals surface area contributed by atoms with E-state index in [1.54, 1.807) is 7.05 Å². The van der Waals surface area contributed by atoms with Crippen LogP contribution in [0.5, 0.6) is 0 Å². The molecule has 1 aliphatic carbocycles. The Morgan fingerprint density at radius 2 is 1.00 bits per heavy atom. The summed E-state index contributed by atoms with van der Waals surface area (Å²) in [6.45, 7) is 8.58. The Bertz CT molecular complexity index is 1150. The van der Waals surface area contributed by atoms with Gasteiger partial charge < -0.3 is 42.8 Å². The number of carbonyl (C=O) groups excluding carboxylic acids is 2. The van der Waals surface area contributed by atoms with E-state index in [-0.39, 0.29) is 24.6 Å². The predicted octanol–water partition coefficient (Wildman–Crippen LogP) is 6.26. The van der Waals surface area contributed by atoms with Gasteiger partial charge in [0.15, 0.2) is 0 Å². The molecule has 0 atom stereocenters. The summed E-state index contributed by atoms with van der Waals surface area (Å²) in [7, 11) is 1.71. The molecule has 11 nitrogen and oxygen atoms in total. The van der Waals surface area contributed by atoms with Crippen molar-refractivity contribution in [3.63, 3.8) is 0 Å². The highest BCUT2D eigenvalue weighted by Gasteiger charge is 2.29. The normalized spacial score (nSPS) is 12.1. The number of ether oxygens (including phenoxy) is 8. The summed E-state index contributed by atoms with van der Waals surface area (Å²) < 4.78 is 43.9. The SMILES string of the molecule is CCCCCCCCC(=O)OCCOCCOCCOCCOCCOCCOCCN(C)C(=O)OCC1c2ccccc2-c2ccccc21. The highest BCUT2D eigenvalue weighted by Crippen LogP contribution is 2.44. The monoisotopic (exact) mass is 701 g/mol. The van der Waals surface area contributed by atoms with E-state index < -0.39 is 0 Å². The van der Waals surface area contributed by atoms with E-state index in [1.807, 2.05) is 24.3 Å². The van der Waals surface area contributed by atoms with E-state index in [4.69, 9.17) is 37.9 Å². The number of fused-ring (bicyclic) bond motifs is 3. The minimum absolute atomic E-state index is 0.0393. The molecule has 0 N–H and O–H groups in total. The van der Waals surface area contributed by atoms with Gasteiger partial charge in [0, 0.05) is 25.9 Å². The molecule has 2 aromatic carbocycles. The Kier molecular flexibility index (Phi) is 22.1. The van der Waals surface area contributed by atoms with Gasteiger partial charge in [-0.1, -0.05) is 87.6 Å². The van der Waals surface area contributed by atoms with Gasteiger partial charge in [0.25, 0.3) is 0 Å². The van der Waals surface area contributed by atoms with Crippen molar-refractivity contribution in [3.05, 3.63) is 59.7 Å². The quantitative estimate of drug-likeness (QED) is 0.0684. The summed E-state index contributed by atoms with van der Waals surface area (Å²) in [5.74, 6) is -0.108. The van der Waals surface area contributed by atoms with Crippen molar-refractivity contribution >= 4 is 12.1 Å². The lowest BCUT2D eigenvalue weighted by Gasteiger charge is -2.19. The van der Waals surface area contributed by atoms with E-state index in [1.165, 1.54) is 52.8 Å². The summed E-state index contributed by atoms with van der Waals surface area (Å²) in [6.07, 6.45) is 7.03. The first-order chi connectivity index (χ1) is 24.6. The van der Waals surface area contributed by atoms with E-state index in [0.29, 0.717) is 98.9 Å². The maximum absolute atomic E-state index is 12.6. The number of esters is 1. The summed E-state index contributed by atoms with van der Waals surface area (Å²) in [6, 6.07) is 16.6. The molecule has 2 aromatic rings. The Hall–Kier alpha value is -3.06. The third-order valence-corrected chi connectivity index (χ3v) is 8.30. The van der Waals surface area contributed by atoms with Crippen molar-refractivity contribution in [2.45, 2.75) is 57.8 Å². The van der Waals surface area contributed by atoms with Gasteiger partial charge in [0.1, 0.15) is 13.2 Å². The minimum Gasteiger partial charge on any atom is -0.463 e. The van der Waals surface area contributed by atoms with Crippen molar-refractivity contribution < 1.29 is 47.5 Å². The van der Waals surface area contributed by atoms with Crippen LogP contribution in [0, 0.1) is 0 Å². The van der Waals surface area contributed by atoms with Crippen LogP contribution in [-0.4, -0.2) is 123 Å². The molecule has 0 aliphatic heterocycles. The Morgan fingerprint density at radius 3 is 1.52 bits per heavy atom. The van der Waals surface area contributed by atoms with Gasteiger partial charge in [-0.3, -0.25) is 4.79 Å². The summed E-state index contributed by atoms with van der Waals surface area (Å²) >= 11 is 0. The molecule has 0 saturated carbocycles. The van der Waals surface area contributed by atoms with Crippen LogP contribution >= 0.6 is 0 Å². The first kappa shape index (κ1) is 41.4. The van der Waals surface area contributed by atoms with Gasteiger partial charge in [0.05, 0.1) is 79.3 Å². The summed E-state index contributed by atoms with van der Waals surface area (Å²) in [4.78, 5) is 25.8. The second-order valence-electron chi connectivity index (χ2n) is 12.1. The molecule has 1 amide bonds. The largest absolute Gasteiger partial charge is 0.463 e. The van der Waals surface area contributed by atoms with Crippen LogP contribution in [0.25, 0.3) is 11.1 Å². The zero-order chi connectivity index (χ0) is 35.5. The fourth-order valence-electron chi connectivity index (χ4n) is 5.53. The predicted molar refractivity (Wildman–Crippen MR) is 192 cm³/mol. The van der Waals surface area contributed by atoms with Gasteiger partial charge in [0.2, 0.25) is 0 Å². The number of likely N-dealkylation sites (N-methyl/N-ethyl adjacent to an activating group) is 1. The number of carbonyl (C=O) groups is 2. The summed E-state index contributed by atoms with van der Waals surface area (Å²) in [5.41, 5.74) is 4.80. The van der Waals surface area contributed by atoms with Gasteiger partial charge in [-0.2, -0.15) is 0 Å². The van der Waals surface area contributed by atoms with Crippen LogP contribution in [0.1, 0.15) is 68.9 Å². The van der Waals surface area contributed by atoms with Gasteiger partial charge in [-0.15, -0.1) is 0 Å². The number of unbranched alkanes of at least 4 members (excludes halogenated alkanes) is 5. The fourth-order valence-corrected chi connectivity index (χ4v) is 5.53. The Labute approximate surface area is 298 Å². The summed E-state index contributed by atoms with van der Waals surface area (Å²) in [5, 5.41) is 0. The van der Waals surface area contributed by atoms with E-state index >= 15 is 0 Å². The standard InChI is InChI=1S/C39H59NO10/c1-3-4-5-6-7-8-17-38(41)49-31-30-48-29-28-47-27-26-46-25-24-45-23-22-44-21-20-43-19-18-40(2)39(42)50-32-37-35-15-11-9-13-33(35)34-14-10-12-16-36(34)37/h9-16,37H,3-8,17-32H2,1-2H3. The first-order valence-corrected chi connectivity index (χ1v) is 18.3. The molecule has 0 fully saturated rings. The number of benzene rings is 2. The molecule has 0 unspecified atom stereocenters. The lowest BCUT2D eigenvalue weighted by molar-refractivity contribution is -0.145. The van der Waals surface area contributed by atoms with Crippen LogP contribution < -0.4 is 0 Å². The molecule has 0 spiro atoms. The average molecular weight is 702 g/mol. The number of amides is 1. The zero-order valence-corrected chi connectivity index (χ0v) is 30.3. The van der Waals surface area contributed by atoms with Crippen LogP contribution in [0.4, 0.5) is 4.79 Å². The topological polar surface area (TPSA) is 111 Å². The van der Waals surface area contributed by atoms with Crippen molar-refractivity contribution in [2.24, 2.45) is 0 Å². The second kappa shape index (κ2) is 26.7. The number of hydrogen-bond donors (Lipinski definition) is 0. The smallest absolute Gasteiger partial charge is 0.409 e. The molecule has 0 heterocycles. The first-order valence-electron chi connectivity index (χ1n) is 18.3. The van der Waals surface area contributed by atoms with Crippen LogP contribution in [0.2, 0.25) is 0 Å². The molecule has 1 aliphatic rings. The molecule has 0 bridgehead atoms. The Morgan fingerprint density at radius 1 is 0.560 bits per heavy atom. The zero-order valence-electron chi connectivity index (χ0n) is 30.3. The molecule has 3 rings (SSSR count). The molecular weight excluding hydrogens is 642 g/mol. The third-order valence-electron chi connectivity index (χ3n) is 8.30. The molecule has 0 saturated heterocycles. The lowest BCUT2D eigenvalue weighted by atomic mass is 9.98. The van der Waals surface area contributed by atoms with E-state index in [0.717, 1.165) is 12.8 Å². The van der Waals surface area contributed by atoms with Crippen molar-refractivity contribution in [3.8, 4) is 11.1 Å².